The molecule has 1 amide bonds. The number of carbonyl (C=O) groups is 1. The van der Waals surface area contributed by atoms with Gasteiger partial charge in [0.25, 0.3) is 5.91 Å². The Bertz CT molecular complexity index is 909. The van der Waals surface area contributed by atoms with Crippen LogP contribution >= 0.6 is 0 Å². The number of anilines is 2. The van der Waals surface area contributed by atoms with Gasteiger partial charge in [-0.3, -0.25) is 4.79 Å². The highest BCUT2D eigenvalue weighted by Gasteiger charge is 2.10. The molecule has 0 radical (unpaired) electrons. The van der Waals surface area contributed by atoms with E-state index in [0.29, 0.717) is 11.6 Å². The lowest BCUT2D eigenvalue weighted by Gasteiger charge is -2.10. The predicted molar refractivity (Wildman–Crippen MR) is 109 cm³/mol. The molecule has 0 aliphatic rings. The fourth-order valence-electron chi connectivity index (χ4n) is 2.85. The van der Waals surface area contributed by atoms with Crippen molar-refractivity contribution in [3.05, 3.63) is 83.2 Å². The lowest BCUT2D eigenvalue weighted by molar-refractivity contribution is 0.102. The monoisotopic (exact) mass is 360 g/mol. The summed E-state index contributed by atoms with van der Waals surface area (Å²) in [6, 6.07) is 17.9. The second-order valence-electron chi connectivity index (χ2n) is 6.55. The van der Waals surface area contributed by atoms with Crippen molar-refractivity contribution in [3.8, 4) is 0 Å². The molecule has 0 aliphatic carbocycles. The summed E-state index contributed by atoms with van der Waals surface area (Å²) in [4.78, 5) is 21.0. The van der Waals surface area contributed by atoms with Crippen molar-refractivity contribution >= 4 is 17.5 Å². The van der Waals surface area contributed by atoms with E-state index in [0.717, 1.165) is 36.2 Å². The molecule has 5 heteroatoms. The van der Waals surface area contributed by atoms with Crippen molar-refractivity contribution in [2.75, 3.05) is 17.2 Å². The molecule has 138 valence electrons. The standard InChI is InChI=1S/C22H24N4O/c1-16-10-11-19(17(2)15-16)25-21(27)20-12-14-24-22(26-20)23-13-6-9-18-7-4-3-5-8-18/h3-5,7-8,10-12,14-15H,6,9,13H2,1-2H3,(H,25,27)(H,23,24,26). The number of amides is 1. The van der Waals surface area contributed by atoms with Gasteiger partial charge in [0, 0.05) is 18.4 Å². The van der Waals surface area contributed by atoms with Gasteiger partial charge in [0.1, 0.15) is 5.69 Å². The molecular formula is C22H24N4O. The van der Waals surface area contributed by atoms with Crippen LogP contribution in [-0.4, -0.2) is 22.4 Å². The van der Waals surface area contributed by atoms with E-state index >= 15 is 0 Å². The van der Waals surface area contributed by atoms with Gasteiger partial charge in [-0.2, -0.15) is 0 Å². The number of aromatic nitrogens is 2. The smallest absolute Gasteiger partial charge is 0.274 e. The van der Waals surface area contributed by atoms with Gasteiger partial charge in [0.15, 0.2) is 0 Å². The third-order valence-electron chi connectivity index (χ3n) is 4.29. The van der Waals surface area contributed by atoms with Gasteiger partial charge in [0.05, 0.1) is 0 Å². The minimum absolute atomic E-state index is 0.239. The highest BCUT2D eigenvalue weighted by Crippen LogP contribution is 2.17. The zero-order valence-corrected chi connectivity index (χ0v) is 15.7. The highest BCUT2D eigenvalue weighted by molar-refractivity contribution is 6.03. The first-order valence-corrected chi connectivity index (χ1v) is 9.11. The van der Waals surface area contributed by atoms with Gasteiger partial charge in [-0.25, -0.2) is 9.97 Å². The minimum atomic E-state index is -0.239. The number of rotatable bonds is 7. The lowest BCUT2D eigenvalue weighted by Crippen LogP contribution is -2.16. The van der Waals surface area contributed by atoms with Gasteiger partial charge in [-0.1, -0.05) is 48.0 Å². The Kier molecular flexibility index (Phi) is 6.15. The van der Waals surface area contributed by atoms with Crippen molar-refractivity contribution in [2.24, 2.45) is 0 Å². The summed E-state index contributed by atoms with van der Waals surface area (Å²) in [6.45, 7) is 4.75. The predicted octanol–water partition coefficient (Wildman–Crippen LogP) is 4.39. The summed E-state index contributed by atoms with van der Waals surface area (Å²) in [6.07, 6.45) is 3.55. The molecule has 0 saturated heterocycles. The minimum Gasteiger partial charge on any atom is -0.354 e. The maximum absolute atomic E-state index is 12.5. The molecule has 0 fully saturated rings. The SMILES string of the molecule is Cc1ccc(NC(=O)c2ccnc(NCCCc3ccccc3)n2)c(C)c1. The molecule has 5 nitrogen and oxygen atoms in total. The number of aryl methyl sites for hydroxylation is 3. The van der Waals surface area contributed by atoms with E-state index in [2.05, 4.69) is 32.7 Å². The average Bonchev–Trinajstić information content (AvgIpc) is 2.68. The first kappa shape index (κ1) is 18.6. The van der Waals surface area contributed by atoms with E-state index in [1.54, 1.807) is 12.3 Å². The Morgan fingerprint density at radius 2 is 1.85 bits per heavy atom. The Labute approximate surface area is 159 Å². The van der Waals surface area contributed by atoms with Gasteiger partial charge >= 0.3 is 0 Å². The van der Waals surface area contributed by atoms with Gasteiger partial charge in [0.2, 0.25) is 5.95 Å². The summed E-state index contributed by atoms with van der Waals surface area (Å²) in [7, 11) is 0. The first-order valence-electron chi connectivity index (χ1n) is 9.11. The molecule has 0 atom stereocenters. The van der Waals surface area contributed by atoms with Crippen LogP contribution in [0.2, 0.25) is 0 Å². The quantitative estimate of drug-likeness (QED) is 0.613. The van der Waals surface area contributed by atoms with E-state index in [-0.39, 0.29) is 5.91 Å². The van der Waals surface area contributed by atoms with Gasteiger partial charge < -0.3 is 10.6 Å². The largest absolute Gasteiger partial charge is 0.354 e. The summed E-state index contributed by atoms with van der Waals surface area (Å²) in [5.41, 5.74) is 4.63. The summed E-state index contributed by atoms with van der Waals surface area (Å²) in [5, 5.41) is 6.10. The zero-order chi connectivity index (χ0) is 19.1. The van der Waals surface area contributed by atoms with Crippen molar-refractivity contribution < 1.29 is 4.79 Å². The highest BCUT2D eigenvalue weighted by atomic mass is 16.1. The van der Waals surface area contributed by atoms with Crippen LogP contribution in [0.5, 0.6) is 0 Å². The van der Waals surface area contributed by atoms with Crippen LogP contribution < -0.4 is 10.6 Å². The number of nitrogens with one attached hydrogen (secondary N) is 2. The number of carbonyl (C=O) groups excluding carboxylic acids is 1. The Morgan fingerprint density at radius 1 is 1.04 bits per heavy atom. The van der Waals surface area contributed by atoms with Crippen LogP contribution in [-0.2, 0) is 6.42 Å². The molecule has 3 rings (SSSR count). The maximum atomic E-state index is 12.5. The first-order chi connectivity index (χ1) is 13.1. The fourth-order valence-corrected chi connectivity index (χ4v) is 2.85. The molecule has 0 aliphatic heterocycles. The van der Waals surface area contributed by atoms with E-state index in [9.17, 15) is 4.79 Å². The van der Waals surface area contributed by atoms with Crippen LogP contribution in [0.1, 0.15) is 33.6 Å². The normalized spacial score (nSPS) is 10.4. The molecular weight excluding hydrogens is 336 g/mol. The molecule has 0 bridgehead atoms. The fraction of sp³-hybridized carbons (Fsp3) is 0.227. The average molecular weight is 360 g/mol. The number of nitrogens with zero attached hydrogens (tertiary/aromatic N) is 2. The van der Waals surface area contributed by atoms with E-state index in [4.69, 9.17) is 0 Å². The molecule has 1 aromatic heterocycles. The summed E-state index contributed by atoms with van der Waals surface area (Å²) >= 11 is 0. The molecule has 0 spiro atoms. The second kappa shape index (κ2) is 8.94. The Balaban J connectivity index is 1.55. The maximum Gasteiger partial charge on any atom is 0.274 e. The van der Waals surface area contributed by atoms with Crippen molar-refractivity contribution in [1.29, 1.82) is 0 Å². The zero-order valence-electron chi connectivity index (χ0n) is 15.7. The molecule has 3 aromatic rings. The van der Waals surface area contributed by atoms with Crippen LogP contribution in [0.4, 0.5) is 11.6 Å². The van der Waals surface area contributed by atoms with Crippen molar-refractivity contribution in [1.82, 2.24) is 9.97 Å². The molecule has 27 heavy (non-hydrogen) atoms. The van der Waals surface area contributed by atoms with Gasteiger partial charge in [-0.15, -0.1) is 0 Å². The Hall–Kier alpha value is -3.21. The molecule has 2 N–H and O–H groups in total. The van der Waals surface area contributed by atoms with E-state index in [1.165, 1.54) is 5.56 Å². The molecule has 0 saturated carbocycles. The van der Waals surface area contributed by atoms with Crippen LogP contribution in [0.15, 0.2) is 60.8 Å². The van der Waals surface area contributed by atoms with Gasteiger partial charge in [-0.05, 0) is 49.9 Å². The van der Waals surface area contributed by atoms with Crippen molar-refractivity contribution in [2.45, 2.75) is 26.7 Å². The second-order valence-corrected chi connectivity index (χ2v) is 6.55. The van der Waals surface area contributed by atoms with Crippen LogP contribution in [0.25, 0.3) is 0 Å². The topological polar surface area (TPSA) is 66.9 Å². The molecule has 1 heterocycles. The molecule has 0 unspecified atom stereocenters. The van der Waals surface area contributed by atoms with E-state index in [1.807, 2.05) is 50.2 Å². The third-order valence-corrected chi connectivity index (χ3v) is 4.29. The Morgan fingerprint density at radius 3 is 2.63 bits per heavy atom. The molecule has 2 aromatic carbocycles. The number of benzene rings is 2. The van der Waals surface area contributed by atoms with Crippen molar-refractivity contribution in [3.63, 3.8) is 0 Å². The number of hydrogen-bond donors (Lipinski definition) is 2. The van der Waals surface area contributed by atoms with Crippen LogP contribution in [0, 0.1) is 13.8 Å². The summed E-state index contributed by atoms with van der Waals surface area (Å²) < 4.78 is 0. The van der Waals surface area contributed by atoms with E-state index < -0.39 is 0 Å². The third kappa shape index (κ3) is 5.38. The summed E-state index contributed by atoms with van der Waals surface area (Å²) in [5.74, 6) is 0.230. The van der Waals surface area contributed by atoms with Crippen LogP contribution in [0.3, 0.4) is 0 Å². The number of hydrogen-bond acceptors (Lipinski definition) is 4. The lowest BCUT2D eigenvalue weighted by atomic mass is 10.1.